The Morgan fingerprint density at radius 3 is 1.08 bits per heavy atom. The van der Waals surface area contributed by atoms with Crippen molar-refractivity contribution in [3.8, 4) is 0 Å². The lowest BCUT2D eigenvalue weighted by atomic mass is 9.87. The number of halogens is 16. The second kappa shape index (κ2) is 34.9. The zero-order valence-corrected chi connectivity index (χ0v) is 55.3. The highest BCUT2D eigenvalue weighted by Gasteiger charge is 2.38. The molecule has 0 radical (unpaired) electrons. The Bertz CT molecular complexity index is 3130. The highest BCUT2D eigenvalue weighted by atomic mass is 79.9. The van der Waals surface area contributed by atoms with Crippen LogP contribution in [0.25, 0.3) is 0 Å². The highest BCUT2D eigenvalue weighted by molar-refractivity contribution is 9.13. The molecule has 8 aromatic carbocycles. The minimum atomic E-state index is -4.84. The molecule has 0 atom stereocenters. The first-order valence-electron chi connectivity index (χ1n) is 23.9. The zero-order valence-electron chi connectivity index (χ0n) is 45.9. The number of nitrogens with zero attached hydrogens (tertiary/aromatic N) is 1. The van der Waals surface area contributed by atoms with Crippen LogP contribution in [0.4, 0.5) is 90.7 Å². The summed E-state index contributed by atoms with van der Waals surface area (Å²) in [5, 5.41) is 11.7. The van der Waals surface area contributed by atoms with Gasteiger partial charge in [0.15, 0.2) is 0 Å². The molecule has 8 aromatic rings. The third kappa shape index (κ3) is 30.2. The lowest BCUT2D eigenvalue weighted by Crippen LogP contribution is -2.11. The van der Waals surface area contributed by atoms with Crippen molar-refractivity contribution in [3.63, 3.8) is 0 Å². The summed E-state index contributed by atoms with van der Waals surface area (Å²) in [6.07, 6.45) is -14.4. The minimum Gasteiger partial charge on any atom is -0.399 e. The maximum absolute atomic E-state index is 12.2. The smallest absolute Gasteiger partial charge is 0.399 e. The number of hydrogen-bond donors (Lipinski definition) is 8. The van der Waals surface area contributed by atoms with Gasteiger partial charge in [-0.3, -0.25) is 10.1 Å². The fourth-order valence-corrected chi connectivity index (χ4v) is 7.79. The molecule has 0 unspecified atom stereocenters. The van der Waals surface area contributed by atoms with Crippen LogP contribution in [0.2, 0.25) is 10.0 Å². The molecule has 0 aliphatic rings. The normalized spacial score (nSPS) is 10.7. The van der Waals surface area contributed by atoms with Gasteiger partial charge in [0.1, 0.15) is 5.56 Å². The van der Waals surface area contributed by atoms with Crippen LogP contribution in [-0.2, 0) is 23.9 Å². The van der Waals surface area contributed by atoms with E-state index < -0.39 is 51.5 Å². The number of rotatable bonds is 1. The summed E-state index contributed by atoms with van der Waals surface area (Å²) in [6, 6.07) is 39.1. The predicted octanol–water partition coefficient (Wildman–Crippen LogP) is 20.5. The van der Waals surface area contributed by atoms with E-state index in [0.717, 1.165) is 73.5 Å². The third-order valence-electron chi connectivity index (χ3n) is 10.4. The van der Waals surface area contributed by atoms with Crippen molar-refractivity contribution in [2.45, 2.75) is 65.5 Å². The van der Waals surface area contributed by atoms with E-state index in [-0.39, 0.29) is 17.2 Å². The summed E-state index contributed by atoms with van der Waals surface area (Å²) < 4.78 is 114. The Morgan fingerprint density at radius 2 is 0.741 bits per heavy atom. The largest absolute Gasteiger partial charge is 0.423 e. The van der Waals surface area contributed by atoms with E-state index in [1.165, 1.54) is 16.7 Å². The number of nitrogens with two attached hydrogens (primary N) is 8. The predicted molar refractivity (Wildman–Crippen MR) is 350 cm³/mol. The fraction of sp³-hybridized carbons (Fsp3) is 0.172. The van der Waals surface area contributed by atoms with Crippen molar-refractivity contribution in [1.82, 2.24) is 0 Å². The number of hydrogen-bond acceptors (Lipinski definition) is 10. The van der Waals surface area contributed by atoms with Crippen molar-refractivity contribution in [2.75, 3.05) is 45.9 Å². The van der Waals surface area contributed by atoms with Gasteiger partial charge in [-0.05, 0) is 224 Å². The van der Waals surface area contributed by atoms with E-state index in [0.29, 0.717) is 28.9 Å². The topological polar surface area (TPSA) is 251 Å². The molecule has 27 heteroatoms. The molecule has 0 bridgehead atoms. The van der Waals surface area contributed by atoms with Crippen molar-refractivity contribution in [3.05, 3.63) is 233 Å². The fourth-order valence-electron chi connectivity index (χ4n) is 5.87. The summed E-state index contributed by atoms with van der Waals surface area (Å²) in [7, 11) is 0. The van der Waals surface area contributed by atoms with Gasteiger partial charge in [0.05, 0.1) is 21.1 Å². The first-order chi connectivity index (χ1) is 38.9. The standard InChI is InChI=1S/C10H15N.C8H5F6N.2C7H8BrN.C7H8ClN.C7H5F3N2O2.C6H5Br2N.C6H5BrClN/c1-10(2,3)8-4-6-9(11)7-5-8;9-7(10,11)4-1-5(8(12,13)14)3-6(15)2-4;1-5-4-6(9)2-3-7(5)8;1-5-2-3-6(9)4-7(5)8;1-5-4-6(9)2-3-7(5)8;8-7(9,10)5-3-4(11)1-2-6(5)12(13)14;7-5-2-1-4(9)3-6(5)8;7-5-3-4(9)1-2-6(5)8/h4-7H,11H2,1-3H3;1-3H,15H2;3*2-4H,9H2,1H3;1-3H,11H2;2*1-3H,9H2. The SMILES string of the molecule is CC(C)(C)c1ccc(N)cc1.Cc1cc(N)ccc1Br.Cc1cc(N)ccc1Cl.Cc1ccc(N)cc1Br.Nc1cc(C(F)(F)F)cc(C(F)(F)F)c1.Nc1ccc(Br)c(Br)c1.Nc1ccc(Cl)c(Br)c1.Nc1ccc([N+](=O)[O-])c(C(F)(F)F)c1. The van der Waals surface area contributed by atoms with E-state index in [1.807, 2.05) is 93.6 Å². The molecular formula is C58H59Br5Cl2F9N9O2. The Balaban J connectivity index is 0.000000490. The van der Waals surface area contributed by atoms with Crippen molar-refractivity contribution < 1.29 is 44.4 Å². The molecule has 0 spiro atoms. The molecule has 0 amide bonds. The van der Waals surface area contributed by atoms with Crippen LogP contribution in [0.3, 0.4) is 0 Å². The second-order valence-electron chi connectivity index (χ2n) is 18.6. The van der Waals surface area contributed by atoms with Crippen LogP contribution in [0.5, 0.6) is 0 Å². The summed E-state index contributed by atoms with van der Waals surface area (Å²) in [5.74, 6) is 0. The average Bonchev–Trinajstić information content (AvgIpc) is 3.21. The van der Waals surface area contributed by atoms with Gasteiger partial charge in [-0.25, -0.2) is 0 Å². The molecule has 8 rings (SSSR count). The molecule has 0 aliphatic heterocycles. The van der Waals surface area contributed by atoms with Crippen molar-refractivity contribution >= 4 is 154 Å². The Morgan fingerprint density at radius 1 is 0.365 bits per heavy atom. The van der Waals surface area contributed by atoms with Gasteiger partial charge >= 0.3 is 18.5 Å². The maximum atomic E-state index is 12.2. The lowest BCUT2D eigenvalue weighted by molar-refractivity contribution is -0.388. The van der Waals surface area contributed by atoms with E-state index in [1.54, 1.807) is 30.3 Å². The van der Waals surface area contributed by atoms with Gasteiger partial charge in [-0.15, -0.1) is 0 Å². The van der Waals surface area contributed by atoms with E-state index in [9.17, 15) is 49.6 Å². The van der Waals surface area contributed by atoms with Crippen LogP contribution in [0.15, 0.2) is 174 Å². The third-order valence-corrected chi connectivity index (χ3v) is 15.6. The molecule has 85 heavy (non-hydrogen) atoms. The van der Waals surface area contributed by atoms with Gasteiger partial charge in [-0.2, -0.15) is 39.5 Å². The quantitative estimate of drug-likeness (QED) is 0.0334. The molecule has 0 saturated heterocycles. The monoisotopic (exact) mass is 1550 g/mol. The Hall–Kier alpha value is -6.09. The number of aryl methyl sites for hydroxylation is 3. The summed E-state index contributed by atoms with van der Waals surface area (Å²) in [6.45, 7) is 12.6. The second-order valence-corrected chi connectivity index (χ2v) is 23.7. The molecule has 16 N–H and O–H groups in total. The number of benzene rings is 8. The molecule has 460 valence electrons. The van der Waals surface area contributed by atoms with Crippen molar-refractivity contribution in [1.29, 1.82) is 0 Å². The van der Waals surface area contributed by atoms with Gasteiger partial charge in [0, 0.05) is 79.0 Å². The maximum Gasteiger partial charge on any atom is 0.423 e. The van der Waals surface area contributed by atoms with Crippen LogP contribution >= 0.6 is 103 Å². The molecule has 0 fully saturated rings. The first-order valence-corrected chi connectivity index (χ1v) is 28.6. The molecule has 0 saturated carbocycles. The van der Waals surface area contributed by atoms with Gasteiger partial charge < -0.3 is 45.9 Å². The number of alkyl halides is 9. The number of anilines is 8. The Labute approximate surface area is 538 Å². The van der Waals surface area contributed by atoms with Gasteiger partial charge in [-0.1, -0.05) is 94.0 Å². The average molecular weight is 1560 g/mol. The Kier molecular flexibility index (Phi) is 31.6. The van der Waals surface area contributed by atoms with Crippen LogP contribution in [-0.4, -0.2) is 4.92 Å². The number of nitro benzene ring substituents is 1. The van der Waals surface area contributed by atoms with Crippen LogP contribution in [0.1, 0.15) is 59.7 Å². The van der Waals surface area contributed by atoms with Gasteiger partial charge in [0.25, 0.3) is 5.69 Å². The van der Waals surface area contributed by atoms with E-state index >= 15 is 0 Å². The van der Waals surface area contributed by atoms with E-state index in [2.05, 4.69) is 113 Å². The lowest BCUT2D eigenvalue weighted by Gasteiger charge is -2.18. The molecular weight excluding hydrogens is 1500 g/mol. The summed E-state index contributed by atoms with van der Waals surface area (Å²) >= 11 is 28.0. The van der Waals surface area contributed by atoms with Gasteiger partial charge in [0.2, 0.25) is 0 Å². The summed E-state index contributed by atoms with van der Waals surface area (Å²) in [4.78, 5) is 9.15. The van der Waals surface area contributed by atoms with Crippen LogP contribution < -0.4 is 45.9 Å². The zero-order chi connectivity index (χ0) is 65.5. The van der Waals surface area contributed by atoms with Crippen molar-refractivity contribution in [2.24, 2.45) is 0 Å². The molecule has 0 aromatic heterocycles. The molecule has 0 aliphatic carbocycles. The molecule has 0 heterocycles. The highest BCUT2D eigenvalue weighted by Crippen LogP contribution is 2.38. The number of nitro groups is 1. The summed E-state index contributed by atoms with van der Waals surface area (Å²) in [5.41, 5.74) is 46.8. The van der Waals surface area contributed by atoms with E-state index in [4.69, 9.17) is 69.1 Å². The first kappa shape index (κ1) is 76.9. The molecule has 11 nitrogen and oxygen atoms in total. The minimum absolute atomic E-state index is 0.0242. The van der Waals surface area contributed by atoms with Crippen LogP contribution in [0, 0.1) is 30.9 Å². The number of nitrogen functional groups attached to an aromatic ring is 8.